The lowest BCUT2D eigenvalue weighted by Crippen LogP contribution is -2.47. The molecule has 2 aromatic rings. The second-order valence-corrected chi connectivity index (χ2v) is 9.09. The highest BCUT2D eigenvalue weighted by Gasteiger charge is 2.44. The minimum atomic E-state index is -0.386. The van der Waals surface area contributed by atoms with Crippen LogP contribution in [0.5, 0.6) is 0 Å². The number of rotatable bonds is 3. The molecule has 0 aromatic heterocycles. The molecule has 162 valence electrons. The summed E-state index contributed by atoms with van der Waals surface area (Å²) in [6.45, 7) is 8.81. The number of carbonyl (C=O) groups is 2. The van der Waals surface area contributed by atoms with Gasteiger partial charge < -0.3 is 9.64 Å². The van der Waals surface area contributed by atoms with Crippen molar-refractivity contribution in [1.82, 2.24) is 4.90 Å². The molecule has 2 unspecified atom stereocenters. The molecule has 2 atom stereocenters. The number of imide groups is 1. The van der Waals surface area contributed by atoms with E-state index in [-0.39, 0.29) is 24.0 Å². The normalized spacial score (nSPS) is 22.0. The van der Waals surface area contributed by atoms with Crippen molar-refractivity contribution in [2.24, 2.45) is 0 Å². The number of amides is 2. The Morgan fingerprint density at radius 3 is 2.23 bits per heavy atom. The summed E-state index contributed by atoms with van der Waals surface area (Å²) in [4.78, 5) is 30.6. The van der Waals surface area contributed by atoms with Gasteiger partial charge in [0.25, 0.3) is 11.8 Å². The van der Waals surface area contributed by atoms with Crippen molar-refractivity contribution in [3.63, 3.8) is 0 Å². The van der Waals surface area contributed by atoms with E-state index in [1.807, 2.05) is 50.8 Å². The first-order valence-corrected chi connectivity index (χ1v) is 11.0. The predicted octanol–water partition coefficient (Wildman–Crippen LogP) is 5.00. The van der Waals surface area contributed by atoms with Crippen molar-refractivity contribution in [2.45, 2.75) is 39.9 Å². The quantitative estimate of drug-likeness (QED) is 0.606. The molecule has 0 N–H and O–H groups in total. The molecule has 0 bridgehead atoms. The van der Waals surface area contributed by atoms with Gasteiger partial charge in [0.15, 0.2) is 0 Å². The highest BCUT2D eigenvalue weighted by Crippen LogP contribution is 2.39. The molecular weight excluding hydrogens is 435 g/mol. The Kier molecular flexibility index (Phi) is 5.86. The fourth-order valence-corrected chi connectivity index (χ4v) is 4.89. The Bertz CT molecular complexity index is 1100. The maximum atomic E-state index is 13.7. The van der Waals surface area contributed by atoms with Crippen LogP contribution in [0.4, 0.5) is 5.69 Å². The van der Waals surface area contributed by atoms with Crippen molar-refractivity contribution in [2.75, 3.05) is 18.0 Å². The second-order valence-electron chi connectivity index (χ2n) is 8.25. The van der Waals surface area contributed by atoms with Gasteiger partial charge in [0.05, 0.1) is 28.5 Å². The fourth-order valence-electron chi connectivity index (χ4n) is 4.38. The minimum absolute atomic E-state index is 0.0729. The molecule has 2 heterocycles. The summed E-state index contributed by atoms with van der Waals surface area (Å²) in [6, 6.07) is 10.6. The third kappa shape index (κ3) is 3.98. The van der Waals surface area contributed by atoms with Gasteiger partial charge in [-0.05, 0) is 51.5 Å². The Balaban J connectivity index is 1.89. The van der Waals surface area contributed by atoms with Crippen molar-refractivity contribution in [1.29, 1.82) is 0 Å². The maximum Gasteiger partial charge on any atom is 0.282 e. The van der Waals surface area contributed by atoms with E-state index in [1.165, 1.54) is 4.90 Å². The van der Waals surface area contributed by atoms with Crippen molar-refractivity contribution in [3.8, 4) is 0 Å². The van der Waals surface area contributed by atoms with Gasteiger partial charge >= 0.3 is 0 Å². The van der Waals surface area contributed by atoms with Crippen LogP contribution in [-0.2, 0) is 14.3 Å². The summed E-state index contributed by atoms with van der Waals surface area (Å²) in [5.74, 6) is -0.734. The molecule has 5 nitrogen and oxygen atoms in total. The molecule has 4 rings (SSSR count). The average molecular weight is 459 g/mol. The number of hydrogen-bond acceptors (Lipinski definition) is 4. The average Bonchev–Trinajstić information content (AvgIpc) is 2.92. The van der Waals surface area contributed by atoms with E-state index in [4.69, 9.17) is 27.9 Å². The molecule has 0 aliphatic carbocycles. The summed E-state index contributed by atoms with van der Waals surface area (Å²) in [7, 11) is 0. The van der Waals surface area contributed by atoms with Gasteiger partial charge in [0.1, 0.15) is 5.70 Å². The predicted molar refractivity (Wildman–Crippen MR) is 123 cm³/mol. The standard InChI is InChI=1S/C24H24Cl2N2O3/c1-13-5-8-20(14(2)9-13)28-23(29)21(18-7-6-17(25)10-19(18)26)22(24(28)30)27-11-15(3)31-16(4)12-27/h5-10,15-16H,11-12H2,1-4H3. The highest BCUT2D eigenvalue weighted by atomic mass is 35.5. The molecule has 2 amide bonds. The number of aryl methyl sites for hydroxylation is 2. The number of anilines is 1. The largest absolute Gasteiger partial charge is 0.372 e. The summed E-state index contributed by atoms with van der Waals surface area (Å²) in [5.41, 5.74) is 3.65. The van der Waals surface area contributed by atoms with E-state index in [0.29, 0.717) is 45.7 Å². The van der Waals surface area contributed by atoms with E-state index >= 15 is 0 Å². The highest BCUT2D eigenvalue weighted by molar-refractivity contribution is 6.47. The van der Waals surface area contributed by atoms with E-state index < -0.39 is 0 Å². The number of carbonyl (C=O) groups excluding carboxylic acids is 2. The van der Waals surface area contributed by atoms with E-state index in [0.717, 1.165) is 11.1 Å². The first-order valence-electron chi connectivity index (χ1n) is 10.2. The van der Waals surface area contributed by atoms with E-state index in [1.54, 1.807) is 18.2 Å². The zero-order chi connectivity index (χ0) is 22.4. The first kappa shape index (κ1) is 21.9. The van der Waals surface area contributed by atoms with Crippen molar-refractivity contribution < 1.29 is 14.3 Å². The lowest BCUT2D eigenvalue weighted by Gasteiger charge is -2.37. The molecule has 1 fully saturated rings. The molecule has 2 aliphatic heterocycles. The Hall–Kier alpha value is -2.34. The SMILES string of the molecule is Cc1ccc(N2C(=O)C(c3ccc(Cl)cc3Cl)=C(N3CC(C)OC(C)C3)C2=O)c(C)c1. The third-order valence-electron chi connectivity index (χ3n) is 5.59. The summed E-state index contributed by atoms with van der Waals surface area (Å²) in [5, 5.41) is 0.797. The van der Waals surface area contributed by atoms with Crippen LogP contribution in [0.25, 0.3) is 5.57 Å². The fraction of sp³-hybridized carbons (Fsp3) is 0.333. The Morgan fingerprint density at radius 2 is 1.61 bits per heavy atom. The van der Waals surface area contributed by atoms with Gasteiger partial charge in [-0.15, -0.1) is 0 Å². The maximum absolute atomic E-state index is 13.7. The van der Waals surface area contributed by atoms with Gasteiger partial charge in [-0.25, -0.2) is 4.90 Å². The molecular formula is C24H24Cl2N2O3. The van der Waals surface area contributed by atoms with Gasteiger partial charge in [0, 0.05) is 23.7 Å². The zero-order valence-corrected chi connectivity index (χ0v) is 19.4. The van der Waals surface area contributed by atoms with Crippen molar-refractivity contribution in [3.05, 3.63) is 68.8 Å². The van der Waals surface area contributed by atoms with Crippen LogP contribution in [0.2, 0.25) is 10.0 Å². The number of halogens is 2. The molecule has 0 radical (unpaired) electrons. The topological polar surface area (TPSA) is 49.9 Å². The number of morpholine rings is 1. The molecule has 2 aromatic carbocycles. The molecule has 31 heavy (non-hydrogen) atoms. The molecule has 0 saturated carbocycles. The van der Waals surface area contributed by atoms with Crippen molar-refractivity contribution >= 4 is 46.3 Å². The Labute approximate surface area is 192 Å². The number of ether oxygens (including phenoxy) is 1. The van der Waals surface area contributed by atoms with Crippen LogP contribution in [0.3, 0.4) is 0 Å². The van der Waals surface area contributed by atoms with Gasteiger partial charge in [0.2, 0.25) is 0 Å². The Morgan fingerprint density at radius 1 is 0.935 bits per heavy atom. The number of hydrogen-bond donors (Lipinski definition) is 0. The van der Waals surface area contributed by atoms with Crippen LogP contribution in [0.15, 0.2) is 42.1 Å². The lowest BCUT2D eigenvalue weighted by atomic mass is 10.0. The number of nitrogens with zero attached hydrogens (tertiary/aromatic N) is 2. The summed E-state index contributed by atoms with van der Waals surface area (Å²) >= 11 is 12.6. The molecule has 0 spiro atoms. The third-order valence-corrected chi connectivity index (χ3v) is 6.14. The van der Waals surface area contributed by atoms with Crippen LogP contribution in [-0.4, -0.2) is 42.0 Å². The van der Waals surface area contributed by atoms with Crippen LogP contribution in [0.1, 0.15) is 30.5 Å². The summed E-state index contributed by atoms with van der Waals surface area (Å²) < 4.78 is 5.84. The molecule has 1 saturated heterocycles. The van der Waals surface area contributed by atoms with Gasteiger partial charge in [-0.1, -0.05) is 47.0 Å². The van der Waals surface area contributed by atoms with Crippen LogP contribution >= 0.6 is 23.2 Å². The monoisotopic (exact) mass is 458 g/mol. The minimum Gasteiger partial charge on any atom is -0.372 e. The van der Waals surface area contributed by atoms with Gasteiger partial charge in [-0.2, -0.15) is 0 Å². The van der Waals surface area contributed by atoms with E-state index in [9.17, 15) is 9.59 Å². The zero-order valence-electron chi connectivity index (χ0n) is 17.9. The molecule has 2 aliphatic rings. The smallest absolute Gasteiger partial charge is 0.282 e. The van der Waals surface area contributed by atoms with E-state index in [2.05, 4.69) is 0 Å². The summed E-state index contributed by atoms with van der Waals surface area (Å²) in [6.07, 6.45) is -0.146. The van der Waals surface area contributed by atoms with Crippen LogP contribution in [0, 0.1) is 13.8 Å². The lowest BCUT2D eigenvalue weighted by molar-refractivity contribution is -0.121. The van der Waals surface area contributed by atoms with Gasteiger partial charge in [-0.3, -0.25) is 9.59 Å². The number of benzene rings is 2. The second kappa shape index (κ2) is 8.30. The van der Waals surface area contributed by atoms with Crippen LogP contribution < -0.4 is 4.90 Å². The molecule has 7 heteroatoms. The first-order chi connectivity index (χ1) is 14.7.